The smallest absolute Gasteiger partial charge is 0.255 e. The van der Waals surface area contributed by atoms with Crippen LogP contribution in [0.5, 0.6) is 5.75 Å². The minimum Gasteiger partial charge on any atom is -0.489 e. The second-order valence-electron chi connectivity index (χ2n) is 10.8. The molecule has 0 aromatic heterocycles. The van der Waals surface area contributed by atoms with Crippen LogP contribution in [0.15, 0.2) is 18.2 Å². The van der Waals surface area contributed by atoms with Crippen molar-refractivity contribution in [2.45, 2.75) is 94.2 Å². The number of rotatable bonds is 6. The minimum atomic E-state index is -2.56. The largest absolute Gasteiger partial charge is 0.489 e. The lowest BCUT2D eigenvalue weighted by molar-refractivity contribution is -0.207. The number of halogens is 2. The van der Waals surface area contributed by atoms with Crippen LogP contribution in [0.2, 0.25) is 0 Å². The lowest BCUT2D eigenvalue weighted by Gasteiger charge is -2.50. The minimum absolute atomic E-state index is 0.00845. The summed E-state index contributed by atoms with van der Waals surface area (Å²) in [5.74, 6) is -2.78. The van der Waals surface area contributed by atoms with Crippen LogP contribution in [0.1, 0.15) is 67.3 Å². The van der Waals surface area contributed by atoms with Gasteiger partial charge in [-0.25, -0.2) is 8.78 Å². The Morgan fingerprint density at radius 1 is 1.00 bits per heavy atom. The summed E-state index contributed by atoms with van der Waals surface area (Å²) in [7, 11) is 0. The van der Waals surface area contributed by atoms with Crippen LogP contribution in [0.4, 0.5) is 8.78 Å². The number of piperidine rings is 1. The van der Waals surface area contributed by atoms with E-state index in [9.17, 15) is 23.2 Å². The van der Waals surface area contributed by atoms with E-state index in [0.29, 0.717) is 24.3 Å². The number of nitrogens with zero attached hydrogens (tertiary/aromatic N) is 2. The predicted octanol–water partition coefficient (Wildman–Crippen LogP) is 2.64. The SMILES string of the molecule is O=C1CCC(N2Cc3cc(O[C@H]4CCCC[C@H]4N4CC(OC5CC(F)(F)C5)C4)ccc3C2=O)C(=O)N1. The zero-order valence-electron chi connectivity index (χ0n) is 20.1. The molecule has 36 heavy (non-hydrogen) atoms. The van der Waals surface area contributed by atoms with Crippen molar-refractivity contribution in [3.05, 3.63) is 29.3 Å². The zero-order valence-corrected chi connectivity index (χ0v) is 20.1. The molecule has 2 saturated carbocycles. The molecule has 3 heterocycles. The molecule has 8 nitrogen and oxygen atoms in total. The molecule has 10 heteroatoms. The van der Waals surface area contributed by atoms with Gasteiger partial charge in [0.25, 0.3) is 11.8 Å². The summed E-state index contributed by atoms with van der Waals surface area (Å²) in [6.45, 7) is 1.80. The normalized spacial score (nSPS) is 31.0. The summed E-state index contributed by atoms with van der Waals surface area (Å²) in [6, 6.07) is 5.08. The standard InChI is InChI=1S/C26H31F2N3O5/c27-26(28)10-17(11-26)35-18-13-30(14-18)20-3-1-2-4-22(20)36-16-5-6-19-15(9-16)12-31(25(19)34)21-7-8-23(32)29-24(21)33/h5-6,9,17-18,20-22H,1-4,7-8,10-14H2,(H,29,32,33)/t20-,21?,22+/m1/s1. The van der Waals surface area contributed by atoms with Crippen molar-refractivity contribution in [3.63, 3.8) is 0 Å². The third kappa shape index (κ3) is 4.49. The van der Waals surface area contributed by atoms with Crippen molar-refractivity contribution in [3.8, 4) is 5.75 Å². The van der Waals surface area contributed by atoms with Crippen molar-refractivity contribution < 1.29 is 32.6 Å². The highest BCUT2D eigenvalue weighted by molar-refractivity contribution is 6.05. The summed E-state index contributed by atoms with van der Waals surface area (Å²) in [5.41, 5.74) is 1.39. The molecule has 3 atom stereocenters. The van der Waals surface area contributed by atoms with E-state index in [4.69, 9.17) is 9.47 Å². The highest BCUT2D eigenvalue weighted by Crippen LogP contribution is 2.41. The van der Waals surface area contributed by atoms with Gasteiger partial charge in [-0.2, -0.15) is 0 Å². The number of carbonyl (C=O) groups excluding carboxylic acids is 3. The lowest BCUT2D eigenvalue weighted by Crippen LogP contribution is -2.62. The highest BCUT2D eigenvalue weighted by Gasteiger charge is 2.49. The summed E-state index contributed by atoms with van der Waals surface area (Å²) in [5, 5.41) is 2.33. The molecule has 2 aliphatic carbocycles. The number of benzene rings is 1. The molecular formula is C26H31F2N3O5. The maximum Gasteiger partial charge on any atom is 0.255 e. The van der Waals surface area contributed by atoms with Gasteiger partial charge in [0, 0.05) is 50.5 Å². The summed E-state index contributed by atoms with van der Waals surface area (Å²) in [4.78, 5) is 40.6. The average molecular weight is 504 g/mol. The third-order valence-electron chi connectivity index (χ3n) is 8.23. The zero-order chi connectivity index (χ0) is 25.0. The number of nitrogens with one attached hydrogen (secondary N) is 1. The van der Waals surface area contributed by atoms with E-state index in [2.05, 4.69) is 10.2 Å². The monoisotopic (exact) mass is 503 g/mol. The van der Waals surface area contributed by atoms with E-state index in [0.717, 1.165) is 44.3 Å². The number of alkyl halides is 2. The Morgan fingerprint density at radius 3 is 2.53 bits per heavy atom. The van der Waals surface area contributed by atoms with Crippen molar-refractivity contribution in [1.82, 2.24) is 15.1 Å². The first-order chi connectivity index (χ1) is 17.3. The fraction of sp³-hybridized carbons (Fsp3) is 0.654. The average Bonchev–Trinajstić information content (AvgIpc) is 3.11. The summed E-state index contributed by atoms with van der Waals surface area (Å²) >= 11 is 0. The predicted molar refractivity (Wildman–Crippen MR) is 124 cm³/mol. The number of hydrogen-bond acceptors (Lipinski definition) is 6. The van der Waals surface area contributed by atoms with Crippen LogP contribution in [0.3, 0.4) is 0 Å². The molecule has 6 rings (SSSR count). The molecule has 1 aromatic rings. The maximum atomic E-state index is 13.1. The van der Waals surface area contributed by atoms with Crippen LogP contribution < -0.4 is 10.1 Å². The fourth-order valence-corrected chi connectivity index (χ4v) is 6.23. The van der Waals surface area contributed by atoms with Crippen molar-refractivity contribution in [2.24, 2.45) is 0 Å². The fourth-order valence-electron chi connectivity index (χ4n) is 6.23. The number of likely N-dealkylation sites (tertiary alicyclic amines) is 1. The van der Waals surface area contributed by atoms with Crippen LogP contribution in [0, 0.1) is 0 Å². The Labute approximate surface area is 208 Å². The van der Waals surface area contributed by atoms with Gasteiger partial charge in [-0.15, -0.1) is 0 Å². The molecule has 3 aliphatic heterocycles. The molecule has 2 saturated heterocycles. The molecule has 0 spiro atoms. The van der Waals surface area contributed by atoms with Gasteiger partial charge in [-0.3, -0.25) is 24.6 Å². The van der Waals surface area contributed by atoms with Gasteiger partial charge in [-0.1, -0.05) is 6.42 Å². The molecule has 4 fully saturated rings. The molecule has 1 unspecified atom stereocenters. The quantitative estimate of drug-likeness (QED) is 0.601. The maximum absolute atomic E-state index is 13.1. The van der Waals surface area contributed by atoms with E-state index in [1.807, 2.05) is 12.1 Å². The molecular weight excluding hydrogens is 472 g/mol. The number of ether oxygens (including phenoxy) is 2. The van der Waals surface area contributed by atoms with E-state index in [-0.39, 0.29) is 55.4 Å². The summed E-state index contributed by atoms with van der Waals surface area (Å²) < 4.78 is 38.4. The first-order valence-corrected chi connectivity index (χ1v) is 13.0. The van der Waals surface area contributed by atoms with Crippen molar-refractivity contribution in [2.75, 3.05) is 13.1 Å². The number of fused-ring (bicyclic) bond motifs is 1. The van der Waals surface area contributed by atoms with E-state index < -0.39 is 17.9 Å². The van der Waals surface area contributed by atoms with Gasteiger partial charge >= 0.3 is 0 Å². The first-order valence-electron chi connectivity index (χ1n) is 13.0. The molecule has 194 valence electrons. The van der Waals surface area contributed by atoms with Gasteiger partial charge < -0.3 is 14.4 Å². The molecule has 0 radical (unpaired) electrons. The Balaban J connectivity index is 1.07. The van der Waals surface area contributed by atoms with Crippen molar-refractivity contribution in [1.29, 1.82) is 0 Å². The van der Waals surface area contributed by atoms with Crippen molar-refractivity contribution >= 4 is 17.7 Å². The number of carbonyl (C=O) groups is 3. The van der Waals surface area contributed by atoms with Crippen LogP contribution >= 0.6 is 0 Å². The second-order valence-corrected chi connectivity index (χ2v) is 10.8. The van der Waals surface area contributed by atoms with Crippen LogP contribution in [0.25, 0.3) is 0 Å². The van der Waals surface area contributed by atoms with Crippen LogP contribution in [-0.2, 0) is 20.9 Å². The second kappa shape index (κ2) is 9.06. The van der Waals surface area contributed by atoms with Gasteiger partial charge in [-0.05, 0) is 49.4 Å². The Hall–Kier alpha value is -2.59. The van der Waals surface area contributed by atoms with E-state index >= 15 is 0 Å². The van der Waals surface area contributed by atoms with Crippen LogP contribution in [-0.4, -0.2) is 76.9 Å². The molecule has 3 amide bonds. The van der Waals surface area contributed by atoms with Gasteiger partial charge in [0.05, 0.1) is 12.2 Å². The summed E-state index contributed by atoms with van der Waals surface area (Å²) in [6.07, 6.45) is 4.09. The molecule has 5 aliphatic rings. The lowest BCUT2D eigenvalue weighted by atomic mass is 9.88. The Kier molecular flexibility index (Phi) is 5.99. The van der Waals surface area contributed by atoms with Gasteiger partial charge in [0.1, 0.15) is 17.9 Å². The third-order valence-corrected chi connectivity index (χ3v) is 8.23. The topological polar surface area (TPSA) is 88.2 Å². The van der Waals surface area contributed by atoms with E-state index in [1.165, 1.54) is 4.90 Å². The molecule has 1 aromatic carbocycles. The Morgan fingerprint density at radius 2 is 1.78 bits per heavy atom. The van der Waals surface area contributed by atoms with E-state index in [1.54, 1.807) is 6.07 Å². The first kappa shape index (κ1) is 23.8. The molecule has 1 N–H and O–H groups in total. The number of amides is 3. The number of imide groups is 1. The van der Waals surface area contributed by atoms with Gasteiger partial charge in [0.15, 0.2) is 0 Å². The highest BCUT2D eigenvalue weighted by atomic mass is 19.3. The Bertz CT molecular complexity index is 1070. The molecule has 0 bridgehead atoms. The van der Waals surface area contributed by atoms with Gasteiger partial charge in [0.2, 0.25) is 11.8 Å². The number of hydrogen-bond donors (Lipinski definition) is 1.